The molecule has 0 aliphatic heterocycles. The Balaban J connectivity index is 1.96. The van der Waals surface area contributed by atoms with Crippen LogP contribution in [0.3, 0.4) is 0 Å². The van der Waals surface area contributed by atoms with Crippen LogP contribution >= 0.6 is 0 Å². The number of aryl methyl sites for hydroxylation is 1. The summed E-state index contributed by atoms with van der Waals surface area (Å²) in [6, 6.07) is 7.63. The minimum Gasteiger partial charge on any atom is -0.394 e. The second-order valence-electron chi connectivity index (χ2n) is 8.92. The Kier molecular flexibility index (Phi) is 7.48. The van der Waals surface area contributed by atoms with Gasteiger partial charge in [0.25, 0.3) is 11.8 Å². The van der Waals surface area contributed by atoms with E-state index in [1.54, 1.807) is 12.3 Å². The standard InChI is InChI=1S/C24H33N5O3/c1-15-5-6-16(22(31)28-18-7-8-18)11-19(15)17-12-20(23(32)26-10-9-25-4)21(27-13-17)29-24(2,3)14-30/h5-6,11-13,18,25,30H,7-10,14H2,1-4H3,(H,26,32)(H,27,29)(H,28,31). The smallest absolute Gasteiger partial charge is 0.255 e. The summed E-state index contributed by atoms with van der Waals surface area (Å²) in [6.45, 7) is 6.62. The summed E-state index contributed by atoms with van der Waals surface area (Å²) < 4.78 is 0. The minimum atomic E-state index is -0.648. The lowest BCUT2D eigenvalue weighted by Gasteiger charge is -2.25. The topological polar surface area (TPSA) is 115 Å². The molecule has 8 heteroatoms. The third kappa shape index (κ3) is 6.05. The molecule has 32 heavy (non-hydrogen) atoms. The predicted octanol–water partition coefficient (Wildman–Crippen LogP) is 2.08. The fraction of sp³-hybridized carbons (Fsp3) is 0.458. The number of amides is 2. The molecule has 0 atom stereocenters. The van der Waals surface area contributed by atoms with Gasteiger partial charge in [-0.15, -0.1) is 0 Å². The maximum absolute atomic E-state index is 12.9. The number of aromatic nitrogens is 1. The van der Waals surface area contributed by atoms with E-state index in [9.17, 15) is 14.7 Å². The van der Waals surface area contributed by atoms with E-state index >= 15 is 0 Å². The number of rotatable bonds is 10. The number of carbonyl (C=O) groups excluding carboxylic acids is 2. The summed E-state index contributed by atoms with van der Waals surface area (Å²) in [5.41, 5.74) is 2.89. The molecule has 1 aromatic carbocycles. The Hall–Kier alpha value is -2.97. The van der Waals surface area contributed by atoms with E-state index in [2.05, 4.69) is 26.3 Å². The van der Waals surface area contributed by atoms with Crippen molar-refractivity contribution in [1.29, 1.82) is 0 Å². The summed E-state index contributed by atoms with van der Waals surface area (Å²) in [6.07, 6.45) is 3.74. The number of nitrogens with one attached hydrogen (secondary N) is 4. The van der Waals surface area contributed by atoms with Crippen molar-refractivity contribution >= 4 is 17.6 Å². The van der Waals surface area contributed by atoms with Gasteiger partial charge >= 0.3 is 0 Å². The van der Waals surface area contributed by atoms with Gasteiger partial charge in [0.15, 0.2) is 0 Å². The summed E-state index contributed by atoms with van der Waals surface area (Å²) in [5, 5.41) is 21.7. The highest BCUT2D eigenvalue weighted by Gasteiger charge is 2.25. The summed E-state index contributed by atoms with van der Waals surface area (Å²) >= 11 is 0. The molecule has 0 unspecified atom stereocenters. The molecule has 1 fully saturated rings. The molecule has 172 valence electrons. The number of aliphatic hydroxyl groups is 1. The fourth-order valence-electron chi connectivity index (χ4n) is 3.21. The maximum atomic E-state index is 12.9. The van der Waals surface area contributed by atoms with Crippen LogP contribution < -0.4 is 21.3 Å². The summed E-state index contributed by atoms with van der Waals surface area (Å²) in [5.74, 6) is 0.0517. The molecule has 1 heterocycles. The Labute approximate surface area is 189 Å². The number of hydrogen-bond acceptors (Lipinski definition) is 6. The van der Waals surface area contributed by atoms with Crippen molar-refractivity contribution in [2.24, 2.45) is 0 Å². The van der Waals surface area contributed by atoms with Crippen LogP contribution in [0.15, 0.2) is 30.5 Å². The van der Waals surface area contributed by atoms with Gasteiger partial charge in [0, 0.05) is 36.5 Å². The van der Waals surface area contributed by atoms with Crippen LogP contribution in [0.25, 0.3) is 11.1 Å². The van der Waals surface area contributed by atoms with E-state index in [0.717, 1.165) is 29.5 Å². The van der Waals surface area contributed by atoms with E-state index < -0.39 is 5.54 Å². The third-order valence-corrected chi connectivity index (χ3v) is 5.37. The number of benzene rings is 1. The van der Waals surface area contributed by atoms with Crippen LogP contribution in [0.2, 0.25) is 0 Å². The van der Waals surface area contributed by atoms with Gasteiger partial charge in [0.05, 0.1) is 17.7 Å². The molecular formula is C24H33N5O3. The highest BCUT2D eigenvalue weighted by Crippen LogP contribution is 2.29. The normalized spacial score (nSPS) is 13.5. The predicted molar refractivity (Wildman–Crippen MR) is 126 cm³/mol. The van der Waals surface area contributed by atoms with E-state index in [-0.39, 0.29) is 24.5 Å². The monoisotopic (exact) mass is 439 g/mol. The first-order chi connectivity index (χ1) is 15.2. The first kappa shape index (κ1) is 23.7. The number of nitrogens with zero attached hydrogens (tertiary/aromatic N) is 1. The molecule has 0 bridgehead atoms. The Morgan fingerprint density at radius 3 is 2.56 bits per heavy atom. The highest BCUT2D eigenvalue weighted by atomic mass is 16.3. The number of carbonyl (C=O) groups is 2. The van der Waals surface area contributed by atoms with E-state index in [1.807, 2.05) is 46.0 Å². The maximum Gasteiger partial charge on any atom is 0.255 e. The van der Waals surface area contributed by atoms with Crippen molar-refractivity contribution in [3.8, 4) is 11.1 Å². The number of pyridine rings is 1. The largest absolute Gasteiger partial charge is 0.394 e. The molecule has 8 nitrogen and oxygen atoms in total. The average molecular weight is 440 g/mol. The minimum absolute atomic E-state index is 0.0882. The van der Waals surface area contributed by atoms with Crippen molar-refractivity contribution in [3.05, 3.63) is 47.2 Å². The molecule has 0 spiro atoms. The number of aliphatic hydroxyl groups excluding tert-OH is 1. The molecule has 3 rings (SSSR count). The van der Waals surface area contributed by atoms with Gasteiger partial charge in [-0.25, -0.2) is 4.98 Å². The molecule has 1 aliphatic carbocycles. The molecule has 5 N–H and O–H groups in total. The Morgan fingerprint density at radius 2 is 1.91 bits per heavy atom. The van der Waals surface area contributed by atoms with Crippen molar-refractivity contribution in [2.45, 2.75) is 45.2 Å². The van der Waals surface area contributed by atoms with Crippen LogP contribution in [0, 0.1) is 6.92 Å². The lowest BCUT2D eigenvalue weighted by atomic mass is 9.97. The Bertz CT molecular complexity index is 986. The van der Waals surface area contributed by atoms with Gasteiger partial charge in [-0.2, -0.15) is 0 Å². The zero-order valence-electron chi connectivity index (χ0n) is 19.2. The molecule has 1 aliphatic rings. The Morgan fingerprint density at radius 1 is 1.16 bits per heavy atom. The van der Waals surface area contributed by atoms with Crippen LogP contribution in [-0.2, 0) is 0 Å². The second-order valence-corrected chi connectivity index (χ2v) is 8.92. The first-order valence-corrected chi connectivity index (χ1v) is 11.0. The quantitative estimate of drug-likeness (QED) is 0.362. The van der Waals surface area contributed by atoms with Crippen LogP contribution in [-0.4, -0.2) is 60.2 Å². The SMILES string of the molecule is CNCCNC(=O)c1cc(-c2cc(C(=O)NC3CC3)ccc2C)cnc1NC(C)(C)CO. The summed E-state index contributed by atoms with van der Waals surface area (Å²) in [4.78, 5) is 30.0. The third-order valence-electron chi connectivity index (χ3n) is 5.37. The second kappa shape index (κ2) is 10.1. The number of likely N-dealkylation sites (N-methyl/N-ethyl adjacent to an activating group) is 1. The molecule has 2 amide bonds. The zero-order chi connectivity index (χ0) is 23.3. The van der Waals surface area contributed by atoms with Crippen LogP contribution in [0.1, 0.15) is 53.0 Å². The molecule has 1 saturated carbocycles. The van der Waals surface area contributed by atoms with Gasteiger partial charge in [0.1, 0.15) is 5.82 Å². The molecule has 0 radical (unpaired) electrons. The van der Waals surface area contributed by atoms with Gasteiger partial charge < -0.3 is 26.4 Å². The van der Waals surface area contributed by atoms with Crippen molar-refractivity contribution in [1.82, 2.24) is 20.9 Å². The molecule has 0 saturated heterocycles. The summed E-state index contributed by atoms with van der Waals surface area (Å²) in [7, 11) is 1.82. The number of hydrogen-bond donors (Lipinski definition) is 5. The van der Waals surface area contributed by atoms with Crippen molar-refractivity contribution in [3.63, 3.8) is 0 Å². The van der Waals surface area contributed by atoms with E-state index in [0.29, 0.717) is 30.0 Å². The van der Waals surface area contributed by atoms with Gasteiger partial charge in [-0.1, -0.05) is 6.07 Å². The molecule has 2 aromatic rings. The molecule has 1 aromatic heterocycles. The molecular weight excluding hydrogens is 406 g/mol. The van der Waals surface area contributed by atoms with Gasteiger partial charge in [-0.05, 0) is 70.0 Å². The first-order valence-electron chi connectivity index (χ1n) is 11.0. The lowest BCUT2D eigenvalue weighted by Crippen LogP contribution is -2.37. The highest BCUT2D eigenvalue weighted by molar-refractivity contribution is 6.00. The van der Waals surface area contributed by atoms with Crippen molar-refractivity contribution in [2.75, 3.05) is 32.1 Å². The van der Waals surface area contributed by atoms with Gasteiger partial charge in [0.2, 0.25) is 0 Å². The van der Waals surface area contributed by atoms with Crippen molar-refractivity contribution < 1.29 is 14.7 Å². The number of anilines is 1. The zero-order valence-corrected chi connectivity index (χ0v) is 19.2. The van der Waals surface area contributed by atoms with E-state index in [1.165, 1.54) is 0 Å². The average Bonchev–Trinajstić information content (AvgIpc) is 3.58. The van der Waals surface area contributed by atoms with Crippen LogP contribution in [0.5, 0.6) is 0 Å². The van der Waals surface area contributed by atoms with E-state index in [4.69, 9.17) is 0 Å². The fourth-order valence-corrected chi connectivity index (χ4v) is 3.21. The van der Waals surface area contributed by atoms with Gasteiger partial charge in [-0.3, -0.25) is 9.59 Å². The lowest BCUT2D eigenvalue weighted by molar-refractivity contribution is 0.0944. The van der Waals surface area contributed by atoms with Crippen LogP contribution in [0.4, 0.5) is 5.82 Å².